The van der Waals surface area contributed by atoms with Gasteiger partial charge in [-0.05, 0) is 30.4 Å². The van der Waals surface area contributed by atoms with Crippen LogP contribution < -0.4 is 10.6 Å². The number of aromatic nitrogens is 3. The molecule has 2 N–H and O–H groups in total. The van der Waals surface area contributed by atoms with Crippen molar-refractivity contribution in [3.8, 4) is 0 Å². The van der Waals surface area contributed by atoms with Crippen LogP contribution in [0.1, 0.15) is 23.2 Å². The Kier molecular flexibility index (Phi) is 5.81. The van der Waals surface area contributed by atoms with E-state index in [1.165, 1.54) is 12.0 Å². The Morgan fingerprint density at radius 1 is 1.42 bits per heavy atom. The number of aliphatic imine (C=N–C) groups is 1. The molecule has 7 nitrogen and oxygen atoms in total. The van der Waals surface area contributed by atoms with E-state index in [4.69, 9.17) is 0 Å². The van der Waals surface area contributed by atoms with Gasteiger partial charge in [-0.1, -0.05) is 0 Å². The molecule has 0 amide bonds. The van der Waals surface area contributed by atoms with Gasteiger partial charge in [0.25, 0.3) is 0 Å². The number of rotatable bonds is 6. The molecule has 0 saturated heterocycles. The van der Waals surface area contributed by atoms with Crippen LogP contribution in [0.4, 0.5) is 0 Å². The third kappa shape index (κ3) is 4.33. The quantitative estimate of drug-likeness (QED) is 0.602. The van der Waals surface area contributed by atoms with E-state index in [0.29, 0.717) is 6.54 Å². The summed E-state index contributed by atoms with van der Waals surface area (Å²) >= 11 is 1.88. The lowest BCUT2D eigenvalue weighted by molar-refractivity contribution is 0.260. The standard InChI is InChI=1S/C16H25N7S/c1-3-17-16(19-10-15-20-12-21-22(15)2)18-6-8-23-7-4-14-13(11-23)5-9-24-14/h5,9,12H,3-4,6-8,10-11H2,1-2H3,(H2,17,18,19). The molecule has 0 atom stereocenters. The second-order valence-corrected chi connectivity index (χ2v) is 6.82. The number of hydrogen-bond acceptors (Lipinski definition) is 5. The van der Waals surface area contributed by atoms with E-state index in [1.54, 1.807) is 15.9 Å². The van der Waals surface area contributed by atoms with Gasteiger partial charge < -0.3 is 10.6 Å². The Bertz CT molecular complexity index is 676. The predicted octanol–water partition coefficient (Wildman–Crippen LogP) is 0.990. The van der Waals surface area contributed by atoms with Gasteiger partial charge in [0.1, 0.15) is 18.7 Å². The van der Waals surface area contributed by atoms with Crippen LogP contribution in [-0.4, -0.2) is 51.8 Å². The van der Waals surface area contributed by atoms with Crippen molar-refractivity contribution < 1.29 is 0 Å². The molecule has 1 aliphatic heterocycles. The molecule has 0 aliphatic carbocycles. The van der Waals surface area contributed by atoms with E-state index >= 15 is 0 Å². The van der Waals surface area contributed by atoms with Gasteiger partial charge in [0.15, 0.2) is 5.96 Å². The van der Waals surface area contributed by atoms with Gasteiger partial charge >= 0.3 is 0 Å². The summed E-state index contributed by atoms with van der Waals surface area (Å²) in [6.45, 7) is 7.53. The molecule has 2 aromatic rings. The van der Waals surface area contributed by atoms with Crippen LogP contribution in [0.2, 0.25) is 0 Å². The van der Waals surface area contributed by atoms with Crippen LogP contribution in [0, 0.1) is 0 Å². The highest BCUT2D eigenvalue weighted by Gasteiger charge is 2.16. The molecule has 1 aliphatic rings. The van der Waals surface area contributed by atoms with Gasteiger partial charge in [0.2, 0.25) is 0 Å². The molecule has 24 heavy (non-hydrogen) atoms. The first-order valence-corrected chi connectivity index (χ1v) is 9.27. The summed E-state index contributed by atoms with van der Waals surface area (Å²) in [6.07, 6.45) is 2.73. The van der Waals surface area contributed by atoms with Crippen molar-refractivity contribution >= 4 is 17.3 Å². The second-order valence-electron chi connectivity index (χ2n) is 5.82. The van der Waals surface area contributed by atoms with Crippen LogP contribution in [0.15, 0.2) is 22.8 Å². The molecule has 0 fully saturated rings. The predicted molar refractivity (Wildman–Crippen MR) is 97.1 cm³/mol. The molecule has 3 rings (SSSR count). The summed E-state index contributed by atoms with van der Waals surface area (Å²) in [5.41, 5.74) is 1.49. The maximum atomic E-state index is 4.58. The highest BCUT2D eigenvalue weighted by Crippen LogP contribution is 2.23. The smallest absolute Gasteiger partial charge is 0.191 e. The Morgan fingerprint density at radius 2 is 2.33 bits per heavy atom. The largest absolute Gasteiger partial charge is 0.357 e. The number of nitrogens with zero attached hydrogens (tertiary/aromatic N) is 5. The van der Waals surface area contributed by atoms with Crippen molar-refractivity contribution in [1.82, 2.24) is 30.3 Å². The molecule has 2 aromatic heterocycles. The minimum absolute atomic E-state index is 0.522. The van der Waals surface area contributed by atoms with Gasteiger partial charge in [-0.3, -0.25) is 9.58 Å². The zero-order chi connectivity index (χ0) is 16.8. The van der Waals surface area contributed by atoms with Gasteiger partial charge in [-0.15, -0.1) is 11.3 Å². The zero-order valence-corrected chi connectivity index (χ0v) is 15.1. The maximum absolute atomic E-state index is 4.58. The van der Waals surface area contributed by atoms with Gasteiger partial charge in [0, 0.05) is 44.6 Å². The van der Waals surface area contributed by atoms with Gasteiger partial charge in [-0.2, -0.15) is 5.10 Å². The molecule has 0 spiro atoms. The van der Waals surface area contributed by atoms with Crippen LogP contribution in [0.5, 0.6) is 0 Å². The second kappa shape index (κ2) is 8.25. The van der Waals surface area contributed by atoms with Crippen molar-refractivity contribution in [1.29, 1.82) is 0 Å². The van der Waals surface area contributed by atoms with Crippen LogP contribution in [0.3, 0.4) is 0 Å². The summed E-state index contributed by atoms with van der Waals surface area (Å²) < 4.78 is 1.75. The average molecular weight is 347 g/mol. The zero-order valence-electron chi connectivity index (χ0n) is 14.3. The molecule has 0 unspecified atom stereocenters. The Labute approximate surface area is 146 Å². The molecule has 3 heterocycles. The average Bonchev–Trinajstić information content (AvgIpc) is 3.21. The maximum Gasteiger partial charge on any atom is 0.191 e. The fourth-order valence-corrected chi connectivity index (χ4v) is 3.67. The van der Waals surface area contributed by atoms with Gasteiger partial charge in [0.05, 0.1) is 0 Å². The lowest BCUT2D eigenvalue weighted by Crippen LogP contribution is -2.42. The molecule has 0 bridgehead atoms. The number of nitrogens with one attached hydrogen (secondary N) is 2. The minimum atomic E-state index is 0.522. The van der Waals surface area contributed by atoms with Gasteiger partial charge in [-0.25, -0.2) is 9.98 Å². The molecular formula is C16H25N7S. The van der Waals surface area contributed by atoms with Crippen molar-refractivity contribution in [2.75, 3.05) is 26.2 Å². The summed E-state index contributed by atoms with van der Waals surface area (Å²) in [5.74, 6) is 1.68. The number of hydrogen-bond donors (Lipinski definition) is 2. The molecule has 0 saturated carbocycles. The Balaban J connectivity index is 1.47. The summed E-state index contributed by atoms with van der Waals surface area (Å²) in [7, 11) is 1.88. The third-order valence-corrected chi connectivity index (χ3v) is 5.16. The normalized spacial score (nSPS) is 15.3. The summed E-state index contributed by atoms with van der Waals surface area (Å²) in [4.78, 5) is 12.8. The van der Waals surface area contributed by atoms with E-state index in [1.807, 2.05) is 18.4 Å². The van der Waals surface area contributed by atoms with Crippen LogP contribution in [0.25, 0.3) is 0 Å². The molecular weight excluding hydrogens is 322 g/mol. The van der Waals surface area contributed by atoms with Crippen molar-refractivity contribution in [3.63, 3.8) is 0 Å². The minimum Gasteiger partial charge on any atom is -0.357 e. The van der Waals surface area contributed by atoms with Crippen molar-refractivity contribution in [2.45, 2.75) is 26.4 Å². The first kappa shape index (κ1) is 16.9. The molecule has 8 heteroatoms. The topological polar surface area (TPSA) is 70.4 Å². The summed E-state index contributed by atoms with van der Waals surface area (Å²) in [6, 6.07) is 2.26. The molecule has 0 radical (unpaired) electrons. The summed E-state index contributed by atoms with van der Waals surface area (Å²) in [5, 5.41) is 13.0. The Hall–Kier alpha value is -1.93. The number of fused-ring (bicyclic) bond motifs is 1. The fourth-order valence-electron chi connectivity index (χ4n) is 2.78. The number of guanidine groups is 1. The number of aryl methyl sites for hydroxylation is 1. The van der Waals surface area contributed by atoms with E-state index < -0.39 is 0 Å². The highest BCUT2D eigenvalue weighted by molar-refractivity contribution is 7.10. The lowest BCUT2D eigenvalue weighted by Gasteiger charge is -2.27. The highest BCUT2D eigenvalue weighted by atomic mass is 32.1. The van der Waals surface area contributed by atoms with E-state index in [2.05, 4.69) is 49.0 Å². The SMILES string of the molecule is CCNC(=NCc1ncnn1C)NCCN1CCc2sccc2C1. The van der Waals surface area contributed by atoms with Crippen LogP contribution >= 0.6 is 11.3 Å². The van der Waals surface area contributed by atoms with E-state index in [0.717, 1.165) is 44.5 Å². The third-order valence-electron chi connectivity index (χ3n) is 4.14. The van der Waals surface area contributed by atoms with Crippen molar-refractivity contribution in [3.05, 3.63) is 34.0 Å². The first-order chi connectivity index (χ1) is 11.8. The Morgan fingerprint density at radius 3 is 3.12 bits per heavy atom. The van der Waals surface area contributed by atoms with E-state index in [9.17, 15) is 0 Å². The van der Waals surface area contributed by atoms with Crippen LogP contribution in [-0.2, 0) is 26.6 Å². The lowest BCUT2D eigenvalue weighted by atomic mass is 10.1. The monoisotopic (exact) mass is 347 g/mol. The first-order valence-electron chi connectivity index (χ1n) is 8.39. The van der Waals surface area contributed by atoms with Crippen molar-refractivity contribution in [2.24, 2.45) is 12.0 Å². The fraction of sp³-hybridized carbons (Fsp3) is 0.562. The number of thiophene rings is 1. The molecule has 0 aromatic carbocycles. The molecule has 130 valence electrons. The van der Waals surface area contributed by atoms with E-state index in [-0.39, 0.29) is 0 Å².